The molecule has 0 saturated heterocycles. The summed E-state index contributed by atoms with van der Waals surface area (Å²) < 4.78 is 6.31. The van der Waals surface area contributed by atoms with E-state index in [1.165, 1.54) is 11.1 Å². The first-order chi connectivity index (χ1) is 10.1. The molecule has 0 heterocycles. The Hall–Kier alpha value is -1.03. The summed E-state index contributed by atoms with van der Waals surface area (Å²) in [5.41, 5.74) is 2.39. The van der Waals surface area contributed by atoms with Crippen molar-refractivity contribution in [3.63, 3.8) is 0 Å². The second-order valence-corrected chi connectivity index (χ2v) is 6.31. The third kappa shape index (κ3) is 4.73. The third-order valence-electron chi connectivity index (χ3n) is 3.36. The van der Waals surface area contributed by atoms with Gasteiger partial charge in [0.05, 0.1) is 12.1 Å². The Morgan fingerprint density at radius 3 is 2.71 bits per heavy atom. The Kier molecular flexibility index (Phi) is 6.09. The van der Waals surface area contributed by atoms with E-state index < -0.39 is 0 Å². The van der Waals surface area contributed by atoms with Crippen LogP contribution in [0.4, 0.5) is 0 Å². The summed E-state index contributed by atoms with van der Waals surface area (Å²) in [5, 5.41) is 4.26. The van der Waals surface area contributed by atoms with Gasteiger partial charge in [-0.25, -0.2) is 0 Å². The van der Waals surface area contributed by atoms with Crippen LogP contribution in [0.25, 0.3) is 0 Å². The lowest BCUT2D eigenvalue weighted by atomic mass is 10.1. The first-order valence-corrected chi connectivity index (χ1v) is 8.06. The van der Waals surface area contributed by atoms with Crippen LogP contribution in [0, 0.1) is 0 Å². The fourth-order valence-corrected chi connectivity index (χ4v) is 2.67. The molecule has 21 heavy (non-hydrogen) atoms. The van der Waals surface area contributed by atoms with Crippen molar-refractivity contribution in [1.29, 1.82) is 0 Å². The van der Waals surface area contributed by atoms with E-state index in [9.17, 15) is 0 Å². The van der Waals surface area contributed by atoms with Gasteiger partial charge in [-0.2, -0.15) is 0 Å². The van der Waals surface area contributed by atoms with Crippen LogP contribution in [0.3, 0.4) is 0 Å². The van der Waals surface area contributed by atoms with E-state index in [2.05, 4.69) is 40.3 Å². The normalized spacial score (nSPS) is 12.2. The van der Waals surface area contributed by atoms with E-state index in [1.54, 1.807) is 7.11 Å². The average Bonchev–Trinajstić information content (AvgIpc) is 2.49. The molecule has 1 N–H and O–H groups in total. The van der Waals surface area contributed by atoms with Gasteiger partial charge in [-0.3, -0.25) is 0 Å². The van der Waals surface area contributed by atoms with Crippen molar-refractivity contribution in [2.75, 3.05) is 7.11 Å². The van der Waals surface area contributed by atoms with E-state index in [0.717, 1.165) is 28.2 Å². The smallest absolute Gasteiger partial charge is 0.122 e. The number of rotatable bonds is 6. The molecule has 2 aromatic carbocycles. The maximum absolute atomic E-state index is 6.11. The van der Waals surface area contributed by atoms with Crippen molar-refractivity contribution in [2.45, 2.75) is 25.9 Å². The van der Waals surface area contributed by atoms with Crippen molar-refractivity contribution in [2.24, 2.45) is 0 Å². The van der Waals surface area contributed by atoms with Crippen LogP contribution in [0.2, 0.25) is 5.02 Å². The Morgan fingerprint density at radius 1 is 1.24 bits per heavy atom. The van der Waals surface area contributed by atoms with Gasteiger partial charge in [0, 0.05) is 17.1 Å². The molecule has 0 aliphatic rings. The molecular weight excluding hydrogens is 350 g/mol. The number of hydrogen-bond donors (Lipinski definition) is 1. The summed E-state index contributed by atoms with van der Waals surface area (Å²) in [5.74, 6) is 0.942. The first kappa shape index (κ1) is 16.3. The van der Waals surface area contributed by atoms with Crippen LogP contribution in [-0.4, -0.2) is 13.2 Å². The summed E-state index contributed by atoms with van der Waals surface area (Å²) in [6.07, 6.45) is 0.925. The van der Waals surface area contributed by atoms with Gasteiger partial charge in [0.15, 0.2) is 0 Å². The lowest BCUT2D eigenvalue weighted by molar-refractivity contribution is 0.406. The number of methoxy groups -OCH3 is 1. The molecule has 0 amide bonds. The van der Waals surface area contributed by atoms with Crippen molar-refractivity contribution in [3.8, 4) is 5.75 Å². The summed E-state index contributed by atoms with van der Waals surface area (Å²) in [7, 11) is 1.71. The molecule has 112 valence electrons. The molecule has 0 aromatic heterocycles. The second-order valence-electron chi connectivity index (χ2n) is 5.05. The van der Waals surface area contributed by atoms with Gasteiger partial charge in [-0.05, 0) is 58.6 Å². The summed E-state index contributed by atoms with van der Waals surface area (Å²) in [6, 6.07) is 14.5. The minimum absolute atomic E-state index is 0.351. The molecule has 0 saturated carbocycles. The van der Waals surface area contributed by atoms with Crippen LogP contribution in [0.5, 0.6) is 5.75 Å². The van der Waals surface area contributed by atoms with Gasteiger partial charge in [0.25, 0.3) is 0 Å². The zero-order valence-electron chi connectivity index (χ0n) is 12.2. The average molecular weight is 369 g/mol. The highest BCUT2D eigenvalue weighted by Crippen LogP contribution is 2.23. The SMILES string of the molecule is COc1ccccc1CC(C)NCc1ccc(Br)c(Cl)c1. The van der Waals surface area contributed by atoms with E-state index in [0.29, 0.717) is 6.04 Å². The molecule has 0 aliphatic carbocycles. The topological polar surface area (TPSA) is 21.3 Å². The van der Waals surface area contributed by atoms with E-state index in [1.807, 2.05) is 30.3 Å². The highest BCUT2D eigenvalue weighted by atomic mass is 79.9. The van der Waals surface area contributed by atoms with E-state index >= 15 is 0 Å². The van der Waals surface area contributed by atoms with Crippen LogP contribution in [0.15, 0.2) is 46.9 Å². The minimum Gasteiger partial charge on any atom is -0.496 e. The number of nitrogens with one attached hydrogen (secondary N) is 1. The fraction of sp³-hybridized carbons (Fsp3) is 0.294. The van der Waals surface area contributed by atoms with Crippen LogP contribution in [-0.2, 0) is 13.0 Å². The largest absolute Gasteiger partial charge is 0.496 e. The Labute approximate surface area is 139 Å². The van der Waals surface area contributed by atoms with E-state index in [4.69, 9.17) is 16.3 Å². The van der Waals surface area contributed by atoms with E-state index in [-0.39, 0.29) is 0 Å². The molecule has 0 fully saturated rings. The molecular formula is C17H19BrClNO. The number of benzene rings is 2. The molecule has 0 aliphatic heterocycles. The maximum atomic E-state index is 6.11. The number of hydrogen-bond acceptors (Lipinski definition) is 2. The molecule has 1 atom stereocenters. The van der Waals surface area contributed by atoms with Gasteiger partial charge >= 0.3 is 0 Å². The Balaban J connectivity index is 1.92. The zero-order valence-corrected chi connectivity index (χ0v) is 14.5. The monoisotopic (exact) mass is 367 g/mol. The van der Waals surface area contributed by atoms with Gasteiger partial charge in [-0.1, -0.05) is 35.9 Å². The number of halogens is 2. The predicted molar refractivity (Wildman–Crippen MR) is 92.2 cm³/mol. The molecule has 2 rings (SSSR count). The van der Waals surface area contributed by atoms with Crippen molar-refractivity contribution in [1.82, 2.24) is 5.32 Å². The van der Waals surface area contributed by atoms with Gasteiger partial charge < -0.3 is 10.1 Å². The van der Waals surface area contributed by atoms with Crippen molar-refractivity contribution in [3.05, 3.63) is 63.1 Å². The van der Waals surface area contributed by atoms with Gasteiger partial charge in [-0.15, -0.1) is 0 Å². The quantitative estimate of drug-likeness (QED) is 0.788. The van der Waals surface area contributed by atoms with Gasteiger partial charge in [0.1, 0.15) is 5.75 Å². The predicted octanol–water partition coefficient (Wildman–Crippen LogP) is 4.83. The first-order valence-electron chi connectivity index (χ1n) is 6.89. The van der Waals surface area contributed by atoms with Crippen molar-refractivity contribution < 1.29 is 4.74 Å². The number of ether oxygens (including phenoxy) is 1. The molecule has 4 heteroatoms. The molecule has 1 unspecified atom stereocenters. The molecule has 2 nitrogen and oxygen atoms in total. The standard InChI is InChI=1S/C17H19BrClNO/c1-12(9-14-5-3-4-6-17(14)21-2)20-11-13-7-8-15(18)16(19)10-13/h3-8,10,12,20H,9,11H2,1-2H3. The minimum atomic E-state index is 0.351. The summed E-state index contributed by atoms with van der Waals surface area (Å²) in [4.78, 5) is 0. The second kappa shape index (κ2) is 7.83. The maximum Gasteiger partial charge on any atom is 0.122 e. The highest BCUT2D eigenvalue weighted by Gasteiger charge is 2.08. The number of para-hydroxylation sites is 1. The van der Waals surface area contributed by atoms with Crippen LogP contribution >= 0.6 is 27.5 Å². The molecule has 2 aromatic rings. The lowest BCUT2D eigenvalue weighted by Gasteiger charge is -2.16. The van der Waals surface area contributed by atoms with Crippen LogP contribution in [0.1, 0.15) is 18.1 Å². The summed E-state index contributed by atoms with van der Waals surface area (Å²) >= 11 is 9.51. The highest BCUT2D eigenvalue weighted by molar-refractivity contribution is 9.10. The Bertz CT molecular complexity index is 603. The Morgan fingerprint density at radius 2 is 2.00 bits per heavy atom. The molecule has 0 radical (unpaired) electrons. The van der Waals surface area contributed by atoms with Crippen LogP contribution < -0.4 is 10.1 Å². The van der Waals surface area contributed by atoms with Gasteiger partial charge in [0.2, 0.25) is 0 Å². The van der Waals surface area contributed by atoms with Crippen molar-refractivity contribution >= 4 is 27.5 Å². The molecule has 0 spiro atoms. The molecule has 0 bridgehead atoms. The third-order valence-corrected chi connectivity index (χ3v) is 4.59. The summed E-state index contributed by atoms with van der Waals surface area (Å²) in [6.45, 7) is 2.97. The lowest BCUT2D eigenvalue weighted by Crippen LogP contribution is -2.27. The fourth-order valence-electron chi connectivity index (χ4n) is 2.22. The zero-order chi connectivity index (χ0) is 15.2.